The number of hydrogen-bond acceptors (Lipinski definition) is 6. The Morgan fingerprint density at radius 2 is 1.87 bits per heavy atom. The van der Waals surface area contributed by atoms with Gasteiger partial charge in [0.25, 0.3) is 5.91 Å². The van der Waals surface area contributed by atoms with E-state index in [2.05, 4.69) is 10.3 Å². The summed E-state index contributed by atoms with van der Waals surface area (Å²) in [7, 11) is 0. The summed E-state index contributed by atoms with van der Waals surface area (Å²) in [5, 5.41) is 2.50. The lowest BCUT2D eigenvalue weighted by Gasteiger charge is -2.23. The molecule has 2 aromatic heterocycles. The average Bonchev–Trinajstić information content (AvgIpc) is 3.61. The number of halogens is 4. The zero-order valence-corrected chi connectivity index (χ0v) is 25.6. The van der Waals surface area contributed by atoms with Gasteiger partial charge in [0.15, 0.2) is 11.5 Å². The van der Waals surface area contributed by atoms with Gasteiger partial charge in [-0.2, -0.15) is 0 Å². The van der Waals surface area contributed by atoms with E-state index in [-0.39, 0.29) is 40.2 Å². The lowest BCUT2D eigenvalue weighted by molar-refractivity contribution is -0.123. The summed E-state index contributed by atoms with van der Waals surface area (Å²) in [5.41, 5.74) is 7.73. The number of carbonyl (C=O) groups is 2. The molecule has 0 radical (unpaired) electrons. The van der Waals surface area contributed by atoms with Crippen LogP contribution in [0.3, 0.4) is 0 Å². The first kappa shape index (κ1) is 30.5. The molecule has 2 amide bonds. The van der Waals surface area contributed by atoms with E-state index in [1.807, 2.05) is 6.92 Å². The van der Waals surface area contributed by atoms with E-state index in [0.29, 0.717) is 45.8 Å². The zero-order chi connectivity index (χ0) is 32.0. The molecule has 0 fully saturated rings. The molecule has 8 nitrogen and oxygen atoms in total. The van der Waals surface area contributed by atoms with Crippen LogP contribution in [-0.2, 0) is 16.6 Å². The number of rotatable bonds is 8. The zero-order valence-electron chi connectivity index (χ0n) is 24.1. The third-order valence-corrected chi connectivity index (χ3v) is 8.86. The topological polar surface area (TPSA) is 120 Å². The summed E-state index contributed by atoms with van der Waals surface area (Å²) < 4.78 is 40.4. The van der Waals surface area contributed by atoms with Crippen molar-refractivity contribution in [2.24, 2.45) is 5.73 Å². The molecule has 3 aromatic carbocycles. The highest BCUT2D eigenvalue weighted by atomic mass is 35.5. The summed E-state index contributed by atoms with van der Waals surface area (Å²) in [6.07, 6.45) is 0.608. The number of benzene rings is 3. The van der Waals surface area contributed by atoms with Crippen LogP contribution >= 0.6 is 23.2 Å². The van der Waals surface area contributed by atoms with Crippen molar-refractivity contribution in [2.75, 3.05) is 13.2 Å². The van der Waals surface area contributed by atoms with E-state index in [0.717, 1.165) is 6.07 Å². The first-order chi connectivity index (χ1) is 21.5. The first-order valence-electron chi connectivity index (χ1n) is 14.0. The van der Waals surface area contributed by atoms with Gasteiger partial charge in [0.2, 0.25) is 5.91 Å². The monoisotopic (exact) mass is 650 g/mol. The Morgan fingerprint density at radius 3 is 2.60 bits per heavy atom. The Bertz CT molecular complexity index is 2000. The molecule has 12 heteroatoms. The Morgan fingerprint density at radius 1 is 1.07 bits per heavy atom. The maximum atomic E-state index is 14.5. The van der Waals surface area contributed by atoms with Gasteiger partial charge in [0.1, 0.15) is 40.6 Å². The molecular formula is C33H26Cl2F2N4O4. The van der Waals surface area contributed by atoms with Crippen LogP contribution in [-0.4, -0.2) is 34.9 Å². The molecule has 45 heavy (non-hydrogen) atoms. The summed E-state index contributed by atoms with van der Waals surface area (Å²) in [6, 6.07) is 15.0. The minimum absolute atomic E-state index is 0.0196. The van der Waals surface area contributed by atoms with Crippen LogP contribution in [0.15, 0.2) is 65.1 Å². The second kappa shape index (κ2) is 11.8. The Labute approximate surface area is 266 Å². The highest BCUT2D eigenvalue weighted by Crippen LogP contribution is 2.48. The van der Waals surface area contributed by atoms with Gasteiger partial charge in [-0.15, -0.1) is 0 Å². The van der Waals surface area contributed by atoms with Crippen LogP contribution < -0.4 is 15.8 Å². The van der Waals surface area contributed by atoms with Crippen molar-refractivity contribution in [2.45, 2.75) is 31.6 Å². The Hall–Kier alpha value is -4.54. The van der Waals surface area contributed by atoms with Crippen molar-refractivity contribution in [1.82, 2.24) is 15.3 Å². The van der Waals surface area contributed by atoms with Gasteiger partial charge >= 0.3 is 0 Å². The molecule has 3 N–H and O–H groups in total. The predicted molar refractivity (Wildman–Crippen MR) is 166 cm³/mol. The summed E-state index contributed by atoms with van der Waals surface area (Å²) in [5.74, 6) is -2.20. The van der Waals surface area contributed by atoms with Crippen molar-refractivity contribution in [3.05, 3.63) is 111 Å². The fourth-order valence-corrected chi connectivity index (χ4v) is 5.76. The molecule has 3 heterocycles. The number of nitrogens with zero attached hydrogens (tertiary/aromatic N) is 2. The van der Waals surface area contributed by atoms with Crippen LogP contribution in [0.2, 0.25) is 10.0 Å². The molecule has 0 saturated heterocycles. The third kappa shape index (κ3) is 5.49. The number of aromatic nitrogens is 2. The molecule has 5 aromatic rings. The second-order valence-corrected chi connectivity index (χ2v) is 11.7. The van der Waals surface area contributed by atoms with E-state index in [1.54, 1.807) is 43.3 Å². The fourth-order valence-electron chi connectivity index (χ4n) is 5.36. The van der Waals surface area contributed by atoms with Crippen LogP contribution in [0.5, 0.6) is 5.75 Å². The highest BCUT2D eigenvalue weighted by Gasteiger charge is 2.44. The number of fused-ring (bicyclic) bond motifs is 2. The SMILES string of the molecule is CCc1nc2ccc(C(=O)NC[C@@H](c3cccc(F)c3)c3cc4c(c(-c5ccc(F)c(Cl)c5Cl)n3)OC[C@]4(C)C(N)=O)cc2o1. The van der Waals surface area contributed by atoms with Crippen LogP contribution in [0.4, 0.5) is 8.78 Å². The van der Waals surface area contributed by atoms with Crippen molar-refractivity contribution in [3.63, 3.8) is 0 Å². The number of primary amides is 1. The molecule has 0 aliphatic carbocycles. The quantitative estimate of drug-likeness (QED) is 0.180. The molecule has 230 valence electrons. The first-order valence-corrected chi connectivity index (χ1v) is 14.8. The number of amides is 2. The van der Waals surface area contributed by atoms with Crippen molar-refractivity contribution in [3.8, 4) is 17.0 Å². The van der Waals surface area contributed by atoms with Gasteiger partial charge in [-0.25, -0.2) is 18.7 Å². The maximum absolute atomic E-state index is 14.5. The van der Waals surface area contributed by atoms with Gasteiger partial charge in [-0.3, -0.25) is 9.59 Å². The van der Waals surface area contributed by atoms with E-state index in [4.69, 9.17) is 43.1 Å². The van der Waals surface area contributed by atoms with E-state index in [9.17, 15) is 18.4 Å². The van der Waals surface area contributed by atoms with Crippen LogP contribution in [0, 0.1) is 11.6 Å². The second-order valence-electron chi connectivity index (χ2n) is 10.9. The van der Waals surface area contributed by atoms with Gasteiger partial charge in [-0.05, 0) is 61.0 Å². The van der Waals surface area contributed by atoms with E-state index in [1.165, 1.54) is 18.2 Å². The molecular weight excluding hydrogens is 625 g/mol. The number of oxazole rings is 1. The Kier molecular flexibility index (Phi) is 7.96. The number of ether oxygens (including phenoxy) is 1. The lowest BCUT2D eigenvalue weighted by Crippen LogP contribution is -2.40. The van der Waals surface area contributed by atoms with Gasteiger partial charge < -0.3 is 20.2 Å². The minimum atomic E-state index is -1.25. The van der Waals surface area contributed by atoms with Crippen LogP contribution in [0.25, 0.3) is 22.4 Å². The van der Waals surface area contributed by atoms with Gasteiger partial charge in [-0.1, -0.05) is 42.3 Å². The molecule has 0 bridgehead atoms. The van der Waals surface area contributed by atoms with Crippen molar-refractivity contribution in [1.29, 1.82) is 0 Å². The summed E-state index contributed by atoms with van der Waals surface area (Å²) in [6.45, 7) is 3.46. The number of nitrogens with two attached hydrogens (primary N) is 1. The number of carbonyl (C=O) groups excluding carboxylic acids is 2. The molecule has 0 spiro atoms. The van der Waals surface area contributed by atoms with Crippen molar-refractivity contribution < 1.29 is 27.5 Å². The summed E-state index contributed by atoms with van der Waals surface area (Å²) in [4.78, 5) is 35.3. The molecule has 0 unspecified atom stereocenters. The van der Waals surface area contributed by atoms with E-state index >= 15 is 0 Å². The summed E-state index contributed by atoms with van der Waals surface area (Å²) >= 11 is 12.6. The molecule has 1 aliphatic rings. The number of hydrogen-bond donors (Lipinski definition) is 2. The molecule has 0 saturated carbocycles. The maximum Gasteiger partial charge on any atom is 0.251 e. The number of aryl methyl sites for hydroxylation is 1. The lowest BCUT2D eigenvalue weighted by atomic mass is 9.81. The van der Waals surface area contributed by atoms with E-state index < -0.39 is 34.8 Å². The predicted octanol–water partition coefficient (Wildman–Crippen LogP) is 6.73. The normalized spacial score (nSPS) is 16.3. The molecule has 6 rings (SSSR count). The largest absolute Gasteiger partial charge is 0.489 e. The Balaban J connectivity index is 1.46. The number of pyridine rings is 1. The molecule has 2 atom stereocenters. The minimum Gasteiger partial charge on any atom is -0.489 e. The van der Waals surface area contributed by atoms with Crippen LogP contribution in [0.1, 0.15) is 52.8 Å². The van der Waals surface area contributed by atoms with Crippen molar-refractivity contribution >= 4 is 46.1 Å². The smallest absolute Gasteiger partial charge is 0.251 e. The highest BCUT2D eigenvalue weighted by molar-refractivity contribution is 6.43. The molecule has 1 aliphatic heterocycles. The van der Waals surface area contributed by atoms with Gasteiger partial charge in [0, 0.05) is 35.6 Å². The third-order valence-electron chi connectivity index (χ3n) is 8.00. The fraction of sp³-hybridized carbons (Fsp3) is 0.212. The average molecular weight is 651 g/mol. The van der Waals surface area contributed by atoms with Gasteiger partial charge in [0.05, 0.1) is 15.7 Å². The standard InChI is InChI=1S/C33H26Cl2F2N4O4/c1-3-26-40-23-10-7-17(12-25(23)45-26)31(42)39-14-20(16-5-4-6-18(36)11-16)24-13-21-30(44-15-33(21,2)32(38)43)29(41-24)19-8-9-22(37)28(35)27(19)34/h4-13,20H,3,14-15H2,1-2H3,(H2,38,43)(H,39,42)/t20-,33-/m0/s1. The number of nitrogens with one attached hydrogen (secondary N) is 1.